The summed E-state index contributed by atoms with van der Waals surface area (Å²) in [6, 6.07) is 0. The van der Waals surface area contributed by atoms with Crippen LogP contribution in [-0.4, -0.2) is 11.7 Å². The quantitative estimate of drug-likeness (QED) is 0.308. The highest BCUT2D eigenvalue weighted by atomic mass is 16.3. The van der Waals surface area contributed by atoms with Crippen LogP contribution < -0.4 is 0 Å². The van der Waals surface area contributed by atoms with Crippen molar-refractivity contribution in [3.05, 3.63) is 0 Å². The number of aliphatic hydroxyl groups excluding tert-OH is 1. The smallest absolute Gasteiger partial charge is 0.0487 e. The van der Waals surface area contributed by atoms with Crippen LogP contribution in [0.25, 0.3) is 0 Å². The third-order valence-corrected chi connectivity index (χ3v) is 5.21. The van der Waals surface area contributed by atoms with E-state index in [4.69, 9.17) is 0 Å². The van der Waals surface area contributed by atoms with Gasteiger partial charge in [-0.2, -0.15) is 0 Å². The molecule has 0 spiro atoms. The molecule has 0 aliphatic carbocycles. The molecule has 0 rings (SSSR count). The number of hydrogen-bond acceptors (Lipinski definition) is 1. The van der Waals surface area contributed by atoms with Gasteiger partial charge in [0.25, 0.3) is 0 Å². The summed E-state index contributed by atoms with van der Waals surface area (Å²) in [5.41, 5.74) is 0.232. The van der Waals surface area contributed by atoms with Crippen molar-refractivity contribution in [2.75, 3.05) is 6.61 Å². The van der Waals surface area contributed by atoms with Crippen LogP contribution in [0.3, 0.4) is 0 Å². The summed E-state index contributed by atoms with van der Waals surface area (Å²) in [4.78, 5) is 0. The molecule has 0 aromatic carbocycles. The van der Waals surface area contributed by atoms with Gasteiger partial charge in [-0.15, -0.1) is 0 Å². The molecule has 0 amide bonds. The van der Waals surface area contributed by atoms with Gasteiger partial charge in [0, 0.05) is 6.61 Å². The molecule has 21 heavy (non-hydrogen) atoms. The molecular weight excluding hydrogens is 256 g/mol. The zero-order chi connectivity index (χ0) is 15.8. The minimum absolute atomic E-state index is 0.232. The average molecular weight is 299 g/mol. The van der Waals surface area contributed by atoms with E-state index in [1.807, 2.05) is 0 Å². The second kappa shape index (κ2) is 14.9. The summed E-state index contributed by atoms with van der Waals surface area (Å²) in [6.45, 7) is 7.21. The normalized spacial score (nSPS) is 12.0. The average Bonchev–Trinajstić information content (AvgIpc) is 2.52. The molecule has 0 aliphatic heterocycles. The van der Waals surface area contributed by atoms with Gasteiger partial charge in [0.05, 0.1) is 0 Å². The molecule has 1 nitrogen and oxygen atoms in total. The summed E-state index contributed by atoms with van der Waals surface area (Å²) in [5.74, 6) is 0. The van der Waals surface area contributed by atoms with Crippen LogP contribution in [0.15, 0.2) is 0 Å². The predicted octanol–water partition coefficient (Wildman–Crippen LogP) is 6.88. The van der Waals surface area contributed by atoms with E-state index in [2.05, 4.69) is 20.8 Å². The standard InChI is InChI=1S/C20H42O/c1-4-7-9-11-13-15-17-20(6-3,19-21)18-16-14-12-10-8-5-2/h21H,4-19H2,1-3H3. The number of rotatable bonds is 16. The van der Waals surface area contributed by atoms with Gasteiger partial charge in [-0.05, 0) is 24.7 Å². The maximum atomic E-state index is 9.86. The first-order valence-electron chi connectivity index (χ1n) is 9.85. The molecule has 0 aliphatic rings. The summed E-state index contributed by atoms with van der Waals surface area (Å²) in [6.07, 6.45) is 20.0. The van der Waals surface area contributed by atoms with Gasteiger partial charge in [-0.1, -0.05) is 97.8 Å². The minimum atomic E-state index is 0.232. The van der Waals surface area contributed by atoms with Crippen LogP contribution in [0.4, 0.5) is 0 Å². The summed E-state index contributed by atoms with van der Waals surface area (Å²) < 4.78 is 0. The van der Waals surface area contributed by atoms with Crippen molar-refractivity contribution >= 4 is 0 Å². The van der Waals surface area contributed by atoms with Crippen LogP contribution in [0.5, 0.6) is 0 Å². The van der Waals surface area contributed by atoms with E-state index in [1.54, 1.807) is 0 Å². The molecule has 1 heteroatoms. The van der Waals surface area contributed by atoms with Crippen molar-refractivity contribution in [1.82, 2.24) is 0 Å². The van der Waals surface area contributed by atoms with E-state index in [9.17, 15) is 5.11 Å². The monoisotopic (exact) mass is 298 g/mol. The fraction of sp³-hybridized carbons (Fsp3) is 1.00. The van der Waals surface area contributed by atoms with Gasteiger partial charge in [-0.25, -0.2) is 0 Å². The van der Waals surface area contributed by atoms with E-state index < -0.39 is 0 Å². The van der Waals surface area contributed by atoms with E-state index in [-0.39, 0.29) is 5.41 Å². The molecule has 0 saturated heterocycles. The molecule has 0 radical (unpaired) electrons. The summed E-state index contributed by atoms with van der Waals surface area (Å²) in [5, 5.41) is 9.86. The molecule has 0 atom stereocenters. The van der Waals surface area contributed by atoms with Gasteiger partial charge < -0.3 is 5.11 Å². The molecule has 0 saturated carbocycles. The third-order valence-electron chi connectivity index (χ3n) is 5.21. The lowest BCUT2D eigenvalue weighted by molar-refractivity contribution is 0.0938. The van der Waals surface area contributed by atoms with Gasteiger partial charge in [0.2, 0.25) is 0 Å². The molecule has 128 valence electrons. The molecule has 0 aromatic rings. The summed E-state index contributed by atoms with van der Waals surface area (Å²) >= 11 is 0. The Morgan fingerprint density at radius 3 is 1.29 bits per heavy atom. The highest BCUT2D eigenvalue weighted by molar-refractivity contribution is 4.77. The van der Waals surface area contributed by atoms with Crippen molar-refractivity contribution < 1.29 is 5.11 Å². The van der Waals surface area contributed by atoms with E-state index in [0.29, 0.717) is 6.61 Å². The maximum Gasteiger partial charge on any atom is 0.0487 e. The molecule has 0 fully saturated rings. The maximum absolute atomic E-state index is 9.86. The zero-order valence-electron chi connectivity index (χ0n) is 15.3. The van der Waals surface area contributed by atoms with Crippen molar-refractivity contribution in [1.29, 1.82) is 0 Å². The lowest BCUT2D eigenvalue weighted by Gasteiger charge is -2.31. The molecule has 0 unspecified atom stereocenters. The van der Waals surface area contributed by atoms with Crippen molar-refractivity contribution in [2.45, 2.75) is 117 Å². The number of hydrogen-bond donors (Lipinski definition) is 1. The largest absolute Gasteiger partial charge is 0.396 e. The minimum Gasteiger partial charge on any atom is -0.396 e. The first-order chi connectivity index (χ1) is 10.2. The number of unbranched alkanes of at least 4 members (excludes halogenated alkanes) is 10. The molecular formula is C20H42O. The Kier molecular flexibility index (Phi) is 14.9. The summed E-state index contributed by atoms with van der Waals surface area (Å²) in [7, 11) is 0. The van der Waals surface area contributed by atoms with Gasteiger partial charge in [-0.3, -0.25) is 0 Å². The van der Waals surface area contributed by atoms with Crippen molar-refractivity contribution in [2.24, 2.45) is 5.41 Å². The van der Waals surface area contributed by atoms with Crippen LogP contribution in [-0.2, 0) is 0 Å². The van der Waals surface area contributed by atoms with Gasteiger partial charge in [0.1, 0.15) is 0 Å². The highest BCUT2D eigenvalue weighted by Crippen LogP contribution is 2.34. The van der Waals surface area contributed by atoms with E-state index in [1.165, 1.54) is 89.9 Å². The lowest BCUT2D eigenvalue weighted by Crippen LogP contribution is -2.24. The molecule has 0 bridgehead atoms. The Hall–Kier alpha value is -0.0400. The Morgan fingerprint density at radius 2 is 0.952 bits per heavy atom. The number of aliphatic hydroxyl groups is 1. The molecule has 1 N–H and O–H groups in total. The fourth-order valence-electron chi connectivity index (χ4n) is 3.31. The van der Waals surface area contributed by atoms with Crippen molar-refractivity contribution in [3.63, 3.8) is 0 Å². The van der Waals surface area contributed by atoms with Gasteiger partial charge in [0.15, 0.2) is 0 Å². The van der Waals surface area contributed by atoms with E-state index >= 15 is 0 Å². The molecule has 0 aromatic heterocycles. The highest BCUT2D eigenvalue weighted by Gasteiger charge is 2.25. The zero-order valence-corrected chi connectivity index (χ0v) is 15.3. The Bertz CT molecular complexity index is 178. The second-order valence-corrected chi connectivity index (χ2v) is 7.05. The second-order valence-electron chi connectivity index (χ2n) is 7.05. The van der Waals surface area contributed by atoms with Crippen molar-refractivity contribution in [3.8, 4) is 0 Å². The first kappa shape index (κ1) is 21.0. The van der Waals surface area contributed by atoms with Gasteiger partial charge >= 0.3 is 0 Å². The predicted molar refractivity (Wildman–Crippen MR) is 95.8 cm³/mol. The first-order valence-corrected chi connectivity index (χ1v) is 9.85. The van der Waals surface area contributed by atoms with Crippen LogP contribution >= 0.6 is 0 Å². The Labute approximate surface area is 134 Å². The lowest BCUT2D eigenvalue weighted by atomic mass is 9.76. The Balaban J connectivity index is 3.78. The fourth-order valence-corrected chi connectivity index (χ4v) is 3.31. The van der Waals surface area contributed by atoms with E-state index in [0.717, 1.165) is 6.42 Å². The van der Waals surface area contributed by atoms with Crippen LogP contribution in [0.2, 0.25) is 0 Å². The van der Waals surface area contributed by atoms with Crippen LogP contribution in [0, 0.1) is 5.41 Å². The topological polar surface area (TPSA) is 20.2 Å². The molecule has 0 heterocycles. The van der Waals surface area contributed by atoms with Crippen LogP contribution in [0.1, 0.15) is 117 Å². The SMILES string of the molecule is CCCCCCCCC(CC)(CO)CCCCCCCC. The third kappa shape index (κ3) is 11.2. The Morgan fingerprint density at radius 1 is 0.571 bits per heavy atom.